The summed E-state index contributed by atoms with van der Waals surface area (Å²) in [4.78, 5) is 23.4. The highest BCUT2D eigenvalue weighted by Gasteiger charge is 2.16. The number of hydrogen-bond donors (Lipinski definition) is 1. The van der Waals surface area contributed by atoms with Crippen LogP contribution in [0.4, 0.5) is 5.69 Å². The van der Waals surface area contributed by atoms with E-state index < -0.39 is 0 Å². The van der Waals surface area contributed by atoms with Crippen LogP contribution < -0.4 is 10.1 Å². The summed E-state index contributed by atoms with van der Waals surface area (Å²) in [5.74, 6) is 0.0830. The van der Waals surface area contributed by atoms with Crippen molar-refractivity contribution in [2.45, 2.75) is 19.3 Å². The molecule has 0 bridgehead atoms. The highest BCUT2D eigenvalue weighted by molar-refractivity contribution is 5.94. The predicted octanol–water partition coefficient (Wildman–Crippen LogP) is 2.53. The molecular weight excluding hydrogens is 270 g/mol. The fourth-order valence-electron chi connectivity index (χ4n) is 2.22. The first-order valence-electron chi connectivity index (χ1n) is 6.94. The number of hydrogen-bond acceptors (Lipinski definition) is 4. The molecule has 21 heavy (non-hydrogen) atoms. The van der Waals surface area contributed by atoms with Crippen molar-refractivity contribution in [2.75, 3.05) is 19.0 Å². The molecule has 1 aliphatic carbocycles. The minimum atomic E-state index is -0.380. The Morgan fingerprint density at radius 3 is 2.86 bits per heavy atom. The van der Waals surface area contributed by atoms with Crippen LogP contribution in [-0.2, 0) is 14.3 Å². The van der Waals surface area contributed by atoms with Gasteiger partial charge in [0, 0.05) is 0 Å². The third kappa shape index (κ3) is 4.63. The molecule has 0 spiro atoms. The summed E-state index contributed by atoms with van der Waals surface area (Å²) in [7, 11) is 1.53. The number of methoxy groups -OCH3 is 1. The van der Waals surface area contributed by atoms with Gasteiger partial charge in [0.1, 0.15) is 5.75 Å². The smallest absolute Gasteiger partial charge is 0.306 e. The molecule has 0 aromatic heterocycles. The van der Waals surface area contributed by atoms with E-state index in [1.54, 1.807) is 18.2 Å². The Bertz CT molecular complexity index is 539. The molecule has 0 heterocycles. The lowest BCUT2D eigenvalue weighted by molar-refractivity contribution is -0.147. The molecule has 0 saturated heterocycles. The Balaban J connectivity index is 1.76. The van der Waals surface area contributed by atoms with Crippen molar-refractivity contribution in [1.82, 2.24) is 0 Å². The van der Waals surface area contributed by atoms with E-state index in [2.05, 4.69) is 11.4 Å². The van der Waals surface area contributed by atoms with Crippen LogP contribution in [0.5, 0.6) is 5.75 Å². The maximum atomic E-state index is 11.8. The zero-order valence-electron chi connectivity index (χ0n) is 12.0. The highest BCUT2D eigenvalue weighted by Crippen LogP contribution is 2.23. The number of allylic oxidation sites excluding steroid dienone is 2. The van der Waals surface area contributed by atoms with Crippen LogP contribution in [0.15, 0.2) is 36.4 Å². The number of benzene rings is 1. The normalized spacial score (nSPS) is 16.5. The maximum Gasteiger partial charge on any atom is 0.306 e. The molecule has 0 radical (unpaired) electrons. The zero-order chi connectivity index (χ0) is 15.1. The number of para-hydroxylation sites is 2. The fourth-order valence-corrected chi connectivity index (χ4v) is 2.22. The van der Waals surface area contributed by atoms with E-state index in [9.17, 15) is 9.59 Å². The van der Waals surface area contributed by atoms with E-state index in [1.807, 2.05) is 12.1 Å². The molecule has 1 amide bonds. The number of nitrogens with one attached hydrogen (secondary N) is 1. The van der Waals surface area contributed by atoms with Gasteiger partial charge in [0.15, 0.2) is 6.61 Å². The van der Waals surface area contributed by atoms with Crippen LogP contribution >= 0.6 is 0 Å². The van der Waals surface area contributed by atoms with Crippen molar-refractivity contribution in [3.05, 3.63) is 36.4 Å². The molecule has 1 atom stereocenters. The van der Waals surface area contributed by atoms with Gasteiger partial charge in [0.2, 0.25) is 0 Å². The van der Waals surface area contributed by atoms with Gasteiger partial charge in [-0.1, -0.05) is 24.3 Å². The summed E-state index contributed by atoms with van der Waals surface area (Å²) < 4.78 is 10.1. The second kappa shape index (κ2) is 7.47. The third-order valence-electron chi connectivity index (χ3n) is 3.29. The quantitative estimate of drug-likeness (QED) is 0.645. The first kappa shape index (κ1) is 15.1. The molecule has 0 aliphatic heterocycles. The number of rotatable bonds is 6. The van der Waals surface area contributed by atoms with Crippen molar-refractivity contribution < 1.29 is 19.1 Å². The van der Waals surface area contributed by atoms with Crippen molar-refractivity contribution >= 4 is 17.6 Å². The number of anilines is 1. The predicted molar refractivity (Wildman–Crippen MR) is 79.1 cm³/mol. The van der Waals surface area contributed by atoms with Gasteiger partial charge in [-0.05, 0) is 30.9 Å². The topological polar surface area (TPSA) is 64.6 Å². The molecule has 0 unspecified atom stereocenters. The molecule has 0 saturated carbocycles. The lowest BCUT2D eigenvalue weighted by Gasteiger charge is -2.11. The van der Waals surface area contributed by atoms with Gasteiger partial charge in [-0.25, -0.2) is 0 Å². The van der Waals surface area contributed by atoms with Crippen LogP contribution in [0.3, 0.4) is 0 Å². The van der Waals surface area contributed by atoms with Crippen molar-refractivity contribution in [3.63, 3.8) is 0 Å². The molecule has 0 fully saturated rings. The Labute approximate surface area is 123 Å². The van der Waals surface area contributed by atoms with Crippen molar-refractivity contribution in [1.29, 1.82) is 0 Å². The van der Waals surface area contributed by atoms with E-state index in [0.29, 0.717) is 17.9 Å². The number of carbonyl (C=O) groups excluding carboxylic acids is 2. The van der Waals surface area contributed by atoms with Crippen molar-refractivity contribution in [2.24, 2.45) is 5.92 Å². The molecule has 1 aliphatic rings. The van der Waals surface area contributed by atoms with Gasteiger partial charge in [0.25, 0.3) is 5.91 Å². The van der Waals surface area contributed by atoms with E-state index in [1.165, 1.54) is 7.11 Å². The lowest BCUT2D eigenvalue weighted by atomic mass is 10.1. The molecular formula is C16H19NO4. The third-order valence-corrected chi connectivity index (χ3v) is 3.29. The number of ether oxygens (including phenoxy) is 2. The Morgan fingerprint density at radius 1 is 1.33 bits per heavy atom. The molecule has 112 valence electrons. The molecule has 5 nitrogen and oxygen atoms in total. The van der Waals surface area contributed by atoms with Crippen LogP contribution in [0.25, 0.3) is 0 Å². The summed E-state index contributed by atoms with van der Waals surface area (Å²) in [6, 6.07) is 7.07. The van der Waals surface area contributed by atoms with Gasteiger partial charge in [0.05, 0.1) is 19.2 Å². The van der Waals surface area contributed by atoms with E-state index >= 15 is 0 Å². The summed E-state index contributed by atoms with van der Waals surface area (Å²) in [6.45, 7) is -0.284. The van der Waals surface area contributed by atoms with Crippen LogP contribution in [0, 0.1) is 5.92 Å². The standard InChI is InChI=1S/C16H19NO4/c1-20-14-9-5-4-8-13(14)17-15(18)11-21-16(19)10-12-6-2-3-7-12/h2,4-6,8-9,12H,3,7,10-11H2,1H3,(H,17,18)/t12-/m1/s1. The molecule has 1 N–H and O–H groups in total. The average molecular weight is 289 g/mol. The summed E-state index contributed by atoms with van der Waals surface area (Å²) in [6.07, 6.45) is 6.40. The number of carbonyl (C=O) groups is 2. The van der Waals surface area contributed by atoms with Crippen molar-refractivity contribution in [3.8, 4) is 5.75 Å². The Kier molecular flexibility index (Phi) is 5.37. The lowest BCUT2D eigenvalue weighted by Crippen LogP contribution is -2.21. The summed E-state index contributed by atoms with van der Waals surface area (Å²) in [5, 5.41) is 2.66. The van der Waals surface area contributed by atoms with Crippen LogP contribution in [-0.4, -0.2) is 25.6 Å². The first-order chi connectivity index (χ1) is 10.2. The minimum Gasteiger partial charge on any atom is -0.495 e. The molecule has 2 rings (SSSR count). The molecule has 1 aromatic rings. The van der Waals surface area contributed by atoms with E-state index in [4.69, 9.17) is 9.47 Å². The Hall–Kier alpha value is -2.30. The van der Waals surface area contributed by atoms with Gasteiger partial charge in [-0.3, -0.25) is 9.59 Å². The fraction of sp³-hybridized carbons (Fsp3) is 0.375. The number of amides is 1. The van der Waals surface area contributed by atoms with Gasteiger partial charge >= 0.3 is 5.97 Å². The average Bonchev–Trinajstić information content (AvgIpc) is 2.98. The van der Waals surface area contributed by atoms with Gasteiger partial charge < -0.3 is 14.8 Å². The van der Waals surface area contributed by atoms with E-state index in [0.717, 1.165) is 12.8 Å². The zero-order valence-corrected chi connectivity index (χ0v) is 12.0. The largest absolute Gasteiger partial charge is 0.495 e. The highest BCUT2D eigenvalue weighted by atomic mass is 16.5. The first-order valence-corrected chi connectivity index (χ1v) is 6.94. The molecule has 5 heteroatoms. The summed E-state index contributed by atoms with van der Waals surface area (Å²) >= 11 is 0. The van der Waals surface area contributed by atoms with Gasteiger partial charge in [-0.2, -0.15) is 0 Å². The number of esters is 1. The summed E-state index contributed by atoms with van der Waals surface area (Å²) in [5.41, 5.74) is 0.555. The second-order valence-corrected chi connectivity index (χ2v) is 4.88. The minimum absolute atomic E-state index is 0.245. The van der Waals surface area contributed by atoms with Crippen LogP contribution in [0.1, 0.15) is 19.3 Å². The van der Waals surface area contributed by atoms with E-state index in [-0.39, 0.29) is 24.4 Å². The maximum absolute atomic E-state index is 11.8. The SMILES string of the molecule is COc1ccccc1NC(=O)COC(=O)C[C@@H]1C=CCC1. The Morgan fingerprint density at radius 2 is 2.14 bits per heavy atom. The molecule has 1 aromatic carbocycles. The monoisotopic (exact) mass is 289 g/mol. The second-order valence-electron chi connectivity index (χ2n) is 4.88. The van der Waals surface area contributed by atoms with Gasteiger partial charge in [-0.15, -0.1) is 0 Å². The van der Waals surface area contributed by atoms with Crippen LogP contribution in [0.2, 0.25) is 0 Å².